The van der Waals surface area contributed by atoms with Crippen molar-refractivity contribution in [3.8, 4) is 5.75 Å². The van der Waals surface area contributed by atoms with E-state index >= 15 is 0 Å². The maximum Gasteiger partial charge on any atom is 0.265 e. The Bertz CT molecular complexity index is 971. The molecule has 0 spiro atoms. The molecule has 0 saturated carbocycles. The molecule has 2 amide bonds. The molecule has 1 N–H and O–H groups in total. The molecule has 2 aromatic carbocycles. The highest BCUT2D eigenvalue weighted by molar-refractivity contribution is 6.30. The van der Waals surface area contributed by atoms with Gasteiger partial charge < -0.3 is 19.7 Å². The van der Waals surface area contributed by atoms with Crippen molar-refractivity contribution in [3.05, 3.63) is 59.1 Å². The van der Waals surface area contributed by atoms with Crippen molar-refractivity contribution in [2.75, 3.05) is 56.2 Å². The fourth-order valence-corrected chi connectivity index (χ4v) is 3.65. The molecule has 7 nitrogen and oxygen atoms in total. The van der Waals surface area contributed by atoms with Crippen LogP contribution in [0.5, 0.6) is 5.75 Å². The van der Waals surface area contributed by atoms with Gasteiger partial charge in [0.05, 0.1) is 18.9 Å². The van der Waals surface area contributed by atoms with E-state index in [9.17, 15) is 9.59 Å². The summed E-state index contributed by atoms with van der Waals surface area (Å²) in [5.74, 6) is 0.279. The zero-order valence-electron chi connectivity index (χ0n) is 17.1. The maximum atomic E-state index is 12.5. The highest BCUT2D eigenvalue weighted by Crippen LogP contribution is 2.34. The second-order valence-electron chi connectivity index (χ2n) is 7.34. The van der Waals surface area contributed by atoms with Gasteiger partial charge in [-0.3, -0.25) is 14.5 Å². The second kappa shape index (κ2) is 9.96. The molecule has 2 aliphatic heterocycles. The Labute approximate surface area is 186 Å². The van der Waals surface area contributed by atoms with Crippen LogP contribution in [0.1, 0.15) is 5.56 Å². The summed E-state index contributed by atoms with van der Waals surface area (Å²) in [5.41, 5.74) is 2.14. The Morgan fingerprint density at radius 2 is 1.87 bits per heavy atom. The summed E-state index contributed by atoms with van der Waals surface area (Å²) >= 11 is 5.88. The summed E-state index contributed by atoms with van der Waals surface area (Å²) in [6.07, 6.45) is 3.17. The Morgan fingerprint density at radius 1 is 1.10 bits per heavy atom. The zero-order valence-corrected chi connectivity index (χ0v) is 17.8. The summed E-state index contributed by atoms with van der Waals surface area (Å²) in [6, 6.07) is 12.5. The third kappa shape index (κ3) is 5.64. The van der Waals surface area contributed by atoms with E-state index < -0.39 is 0 Å². The molecule has 8 heteroatoms. The molecular weight excluding hydrogens is 418 g/mol. The van der Waals surface area contributed by atoms with Gasteiger partial charge >= 0.3 is 0 Å². The van der Waals surface area contributed by atoms with Crippen LogP contribution < -0.4 is 15.0 Å². The van der Waals surface area contributed by atoms with Gasteiger partial charge in [0.2, 0.25) is 5.91 Å². The Balaban J connectivity index is 1.43. The lowest BCUT2D eigenvalue weighted by Crippen LogP contribution is -2.45. The van der Waals surface area contributed by atoms with Gasteiger partial charge in [-0.05, 0) is 42.0 Å². The predicted octanol–water partition coefficient (Wildman–Crippen LogP) is 3.05. The first-order valence-corrected chi connectivity index (χ1v) is 10.6. The minimum Gasteiger partial charge on any atom is -0.482 e. The third-order valence-electron chi connectivity index (χ3n) is 5.21. The molecule has 1 fully saturated rings. The molecule has 31 heavy (non-hydrogen) atoms. The van der Waals surface area contributed by atoms with Crippen LogP contribution in [0.15, 0.2) is 48.5 Å². The van der Waals surface area contributed by atoms with Crippen molar-refractivity contribution >= 4 is 40.9 Å². The van der Waals surface area contributed by atoms with Gasteiger partial charge in [0.1, 0.15) is 5.75 Å². The summed E-state index contributed by atoms with van der Waals surface area (Å²) in [5, 5.41) is 3.49. The van der Waals surface area contributed by atoms with Gasteiger partial charge in [-0.25, -0.2) is 0 Å². The number of hydrogen-bond donors (Lipinski definition) is 1. The minimum atomic E-state index is -0.266. The van der Waals surface area contributed by atoms with Crippen molar-refractivity contribution in [1.29, 1.82) is 0 Å². The quantitative estimate of drug-likeness (QED) is 0.698. The number of rotatable bonds is 6. The van der Waals surface area contributed by atoms with E-state index in [-0.39, 0.29) is 18.4 Å². The number of morpholine rings is 1. The van der Waals surface area contributed by atoms with Crippen molar-refractivity contribution in [2.45, 2.75) is 0 Å². The van der Waals surface area contributed by atoms with Gasteiger partial charge in [0.25, 0.3) is 5.91 Å². The maximum absolute atomic E-state index is 12.5. The SMILES string of the molecule is O=C(/C=C/c1ccc(Cl)cc1)Nc1ccc2c(c1)N(CCN1CCOCC1)C(=O)CO2. The fourth-order valence-electron chi connectivity index (χ4n) is 3.52. The van der Waals surface area contributed by atoms with Crippen LogP contribution in [0, 0.1) is 0 Å². The van der Waals surface area contributed by atoms with E-state index in [1.807, 2.05) is 12.1 Å². The summed E-state index contributed by atoms with van der Waals surface area (Å²) in [4.78, 5) is 28.8. The van der Waals surface area contributed by atoms with Crippen molar-refractivity contribution in [2.24, 2.45) is 0 Å². The van der Waals surface area contributed by atoms with Crippen LogP contribution in [0.2, 0.25) is 5.02 Å². The van der Waals surface area contributed by atoms with E-state index in [2.05, 4.69) is 10.2 Å². The third-order valence-corrected chi connectivity index (χ3v) is 5.46. The number of nitrogens with zero attached hydrogens (tertiary/aromatic N) is 2. The van der Waals surface area contributed by atoms with Gasteiger partial charge in [-0.1, -0.05) is 23.7 Å². The van der Waals surface area contributed by atoms with Crippen molar-refractivity contribution in [1.82, 2.24) is 4.90 Å². The lowest BCUT2D eigenvalue weighted by molar-refractivity contribution is -0.121. The summed E-state index contributed by atoms with van der Waals surface area (Å²) in [7, 11) is 0. The van der Waals surface area contributed by atoms with Crippen LogP contribution in [0.4, 0.5) is 11.4 Å². The minimum absolute atomic E-state index is 0.0195. The van der Waals surface area contributed by atoms with E-state index in [4.69, 9.17) is 21.1 Å². The number of hydrogen-bond acceptors (Lipinski definition) is 5. The van der Waals surface area contributed by atoms with Gasteiger partial charge in [0.15, 0.2) is 6.61 Å². The van der Waals surface area contributed by atoms with E-state index in [1.165, 1.54) is 6.08 Å². The molecule has 0 aromatic heterocycles. The molecule has 0 radical (unpaired) electrons. The largest absolute Gasteiger partial charge is 0.482 e. The Kier molecular flexibility index (Phi) is 6.86. The van der Waals surface area contributed by atoms with Crippen LogP contribution >= 0.6 is 11.6 Å². The van der Waals surface area contributed by atoms with Crippen LogP contribution in [-0.4, -0.2) is 62.7 Å². The molecular formula is C23H24ClN3O4. The molecule has 2 aliphatic rings. The van der Waals surface area contributed by atoms with E-state index in [0.717, 1.165) is 25.2 Å². The smallest absolute Gasteiger partial charge is 0.265 e. The molecule has 0 aliphatic carbocycles. The highest BCUT2D eigenvalue weighted by Gasteiger charge is 2.26. The molecule has 0 bridgehead atoms. The Morgan fingerprint density at radius 3 is 2.65 bits per heavy atom. The first kappa shape index (κ1) is 21.4. The van der Waals surface area contributed by atoms with E-state index in [0.29, 0.717) is 41.9 Å². The van der Waals surface area contributed by atoms with E-state index in [1.54, 1.807) is 41.3 Å². The average molecular weight is 442 g/mol. The molecule has 162 valence electrons. The lowest BCUT2D eigenvalue weighted by atomic mass is 10.2. The summed E-state index contributed by atoms with van der Waals surface area (Å²) in [6.45, 7) is 4.49. The zero-order chi connectivity index (χ0) is 21.6. The number of amides is 2. The van der Waals surface area contributed by atoms with Gasteiger partial charge in [-0.15, -0.1) is 0 Å². The molecule has 2 aromatic rings. The second-order valence-corrected chi connectivity index (χ2v) is 7.78. The van der Waals surface area contributed by atoms with Crippen LogP contribution in [-0.2, 0) is 14.3 Å². The average Bonchev–Trinajstić information content (AvgIpc) is 2.79. The number of carbonyl (C=O) groups excluding carboxylic acids is 2. The summed E-state index contributed by atoms with van der Waals surface area (Å²) < 4.78 is 11.0. The molecule has 2 heterocycles. The number of fused-ring (bicyclic) bond motifs is 1. The monoisotopic (exact) mass is 441 g/mol. The van der Waals surface area contributed by atoms with Crippen LogP contribution in [0.25, 0.3) is 6.08 Å². The molecule has 1 saturated heterocycles. The Hall–Kier alpha value is -2.87. The van der Waals surface area contributed by atoms with Crippen LogP contribution in [0.3, 0.4) is 0 Å². The molecule has 0 atom stereocenters. The van der Waals surface area contributed by atoms with Crippen molar-refractivity contribution in [3.63, 3.8) is 0 Å². The topological polar surface area (TPSA) is 71.1 Å². The van der Waals surface area contributed by atoms with Crippen molar-refractivity contribution < 1.29 is 19.1 Å². The lowest BCUT2D eigenvalue weighted by Gasteiger charge is -2.33. The number of carbonyl (C=O) groups is 2. The number of ether oxygens (including phenoxy) is 2. The van der Waals surface area contributed by atoms with Gasteiger partial charge in [0, 0.05) is 43.0 Å². The first-order valence-electron chi connectivity index (χ1n) is 10.2. The number of anilines is 2. The molecule has 0 unspecified atom stereocenters. The number of benzene rings is 2. The van der Waals surface area contributed by atoms with Gasteiger partial charge in [-0.2, -0.15) is 0 Å². The number of halogens is 1. The molecule has 4 rings (SSSR count). The predicted molar refractivity (Wildman–Crippen MR) is 121 cm³/mol. The highest BCUT2D eigenvalue weighted by atomic mass is 35.5. The first-order chi connectivity index (χ1) is 15.1. The standard InChI is InChI=1S/C23H24ClN3O4/c24-18-4-1-17(2-5-18)3-8-22(28)25-19-6-7-21-20(15-19)27(23(29)16-31-21)10-9-26-11-13-30-14-12-26/h1-8,15H,9-14,16H2,(H,25,28)/b8-3+. The number of nitrogens with one attached hydrogen (secondary N) is 1. The fraction of sp³-hybridized carbons (Fsp3) is 0.304. The normalized spacial score (nSPS) is 16.8.